The SMILES string of the molecule is CC[C@@H](C)c1ccccc1OCc1nnc(NC(=O)Nc2ccc(Cl)cc2Cl)s1. The molecule has 152 valence electrons. The van der Waals surface area contributed by atoms with Gasteiger partial charge in [0.05, 0.1) is 10.7 Å². The molecular formula is C20H20Cl2N4O2S. The minimum absolute atomic E-state index is 0.275. The Morgan fingerprint density at radius 1 is 1.17 bits per heavy atom. The number of aromatic nitrogens is 2. The smallest absolute Gasteiger partial charge is 0.325 e. The summed E-state index contributed by atoms with van der Waals surface area (Å²) >= 11 is 13.2. The largest absolute Gasteiger partial charge is 0.486 e. The van der Waals surface area contributed by atoms with Gasteiger partial charge >= 0.3 is 6.03 Å². The molecule has 0 aliphatic heterocycles. The normalized spacial score (nSPS) is 11.7. The van der Waals surface area contributed by atoms with Crippen LogP contribution in [0.3, 0.4) is 0 Å². The molecule has 0 spiro atoms. The summed E-state index contributed by atoms with van der Waals surface area (Å²) in [6.45, 7) is 4.59. The molecule has 3 rings (SSSR count). The monoisotopic (exact) mass is 450 g/mol. The lowest BCUT2D eigenvalue weighted by molar-refractivity contribution is 0.262. The first-order valence-corrected chi connectivity index (χ1v) is 10.6. The number of ether oxygens (including phenoxy) is 1. The fourth-order valence-corrected chi connectivity index (χ4v) is 3.69. The number of rotatable bonds is 7. The van der Waals surface area contributed by atoms with Gasteiger partial charge in [0, 0.05) is 5.02 Å². The number of hydrogen-bond acceptors (Lipinski definition) is 5. The van der Waals surface area contributed by atoms with E-state index in [2.05, 4.69) is 40.7 Å². The fourth-order valence-electron chi connectivity index (χ4n) is 2.58. The lowest BCUT2D eigenvalue weighted by Crippen LogP contribution is -2.19. The highest BCUT2D eigenvalue weighted by Crippen LogP contribution is 2.29. The van der Waals surface area contributed by atoms with Crippen LogP contribution in [0, 0.1) is 0 Å². The number of para-hydroxylation sites is 1. The predicted molar refractivity (Wildman–Crippen MR) is 118 cm³/mol. The van der Waals surface area contributed by atoms with Crippen LogP contribution < -0.4 is 15.4 Å². The lowest BCUT2D eigenvalue weighted by atomic mass is 9.98. The minimum atomic E-state index is -0.472. The molecule has 0 saturated heterocycles. The Hall–Kier alpha value is -2.35. The summed E-state index contributed by atoms with van der Waals surface area (Å²) in [7, 11) is 0. The number of benzene rings is 2. The van der Waals surface area contributed by atoms with Crippen molar-refractivity contribution in [3.63, 3.8) is 0 Å². The third-order valence-corrected chi connectivity index (χ3v) is 5.64. The van der Waals surface area contributed by atoms with E-state index < -0.39 is 6.03 Å². The van der Waals surface area contributed by atoms with Crippen molar-refractivity contribution in [2.24, 2.45) is 0 Å². The Kier molecular flexibility index (Phi) is 7.30. The van der Waals surface area contributed by atoms with E-state index in [1.165, 1.54) is 11.3 Å². The van der Waals surface area contributed by atoms with Crippen molar-refractivity contribution < 1.29 is 9.53 Å². The van der Waals surface area contributed by atoms with Crippen LogP contribution >= 0.6 is 34.5 Å². The summed E-state index contributed by atoms with van der Waals surface area (Å²) in [5.74, 6) is 1.24. The van der Waals surface area contributed by atoms with Crippen LogP contribution in [0.15, 0.2) is 42.5 Å². The van der Waals surface area contributed by atoms with Crippen molar-refractivity contribution in [3.05, 3.63) is 63.1 Å². The zero-order chi connectivity index (χ0) is 20.8. The molecule has 6 nitrogen and oxygen atoms in total. The van der Waals surface area contributed by atoms with Crippen molar-refractivity contribution in [1.29, 1.82) is 0 Å². The highest BCUT2D eigenvalue weighted by Gasteiger charge is 2.13. The number of halogens is 2. The summed E-state index contributed by atoms with van der Waals surface area (Å²) in [5.41, 5.74) is 1.61. The minimum Gasteiger partial charge on any atom is -0.486 e. The molecule has 9 heteroatoms. The van der Waals surface area contributed by atoms with Gasteiger partial charge in [-0.15, -0.1) is 10.2 Å². The van der Waals surface area contributed by atoms with Crippen molar-refractivity contribution in [2.75, 3.05) is 10.6 Å². The maximum Gasteiger partial charge on any atom is 0.325 e. The first kappa shape index (κ1) is 21.4. The molecule has 0 aliphatic carbocycles. The number of urea groups is 1. The van der Waals surface area contributed by atoms with E-state index in [1.54, 1.807) is 18.2 Å². The number of nitrogens with one attached hydrogen (secondary N) is 2. The van der Waals surface area contributed by atoms with Gasteiger partial charge in [-0.3, -0.25) is 5.32 Å². The van der Waals surface area contributed by atoms with Gasteiger partial charge in [-0.25, -0.2) is 4.79 Å². The molecule has 0 unspecified atom stereocenters. The third kappa shape index (κ3) is 5.82. The van der Waals surface area contributed by atoms with Crippen molar-refractivity contribution in [3.8, 4) is 5.75 Å². The van der Waals surface area contributed by atoms with Gasteiger partial charge in [-0.1, -0.05) is 66.6 Å². The lowest BCUT2D eigenvalue weighted by Gasteiger charge is -2.14. The molecule has 0 radical (unpaired) electrons. The molecule has 29 heavy (non-hydrogen) atoms. The van der Waals surface area contributed by atoms with Crippen LogP contribution in [-0.2, 0) is 6.61 Å². The Morgan fingerprint density at radius 2 is 1.97 bits per heavy atom. The number of amides is 2. The zero-order valence-electron chi connectivity index (χ0n) is 15.9. The number of nitrogens with zero attached hydrogens (tertiary/aromatic N) is 2. The van der Waals surface area contributed by atoms with Gasteiger partial charge in [-0.2, -0.15) is 0 Å². The average molecular weight is 451 g/mol. The third-order valence-electron chi connectivity index (χ3n) is 4.28. The second-order valence-corrected chi connectivity index (χ2v) is 8.25. The standard InChI is InChI=1S/C20H20Cl2N4O2S/c1-3-12(2)14-6-4-5-7-17(14)28-11-18-25-26-20(29-18)24-19(27)23-16-9-8-13(21)10-15(16)22/h4-10,12H,3,11H2,1-2H3,(H2,23,24,26,27)/t12-/m1/s1. The summed E-state index contributed by atoms with van der Waals surface area (Å²) in [6, 6.07) is 12.3. The van der Waals surface area contributed by atoms with Gasteiger partial charge in [0.2, 0.25) is 5.13 Å². The van der Waals surface area contributed by atoms with E-state index in [4.69, 9.17) is 27.9 Å². The van der Waals surface area contributed by atoms with Gasteiger partial charge in [-0.05, 0) is 42.2 Å². The van der Waals surface area contributed by atoms with Crippen LogP contribution in [0.5, 0.6) is 5.75 Å². The molecule has 1 heterocycles. The van der Waals surface area contributed by atoms with Crippen LogP contribution in [0.25, 0.3) is 0 Å². The Morgan fingerprint density at radius 3 is 2.72 bits per heavy atom. The van der Waals surface area contributed by atoms with Gasteiger partial charge < -0.3 is 10.1 Å². The molecule has 2 amide bonds. The molecule has 1 aromatic heterocycles. The second-order valence-electron chi connectivity index (χ2n) is 6.34. The Bertz CT molecular complexity index is 996. The maximum atomic E-state index is 12.2. The van der Waals surface area contributed by atoms with Gasteiger partial charge in [0.25, 0.3) is 0 Å². The number of carbonyl (C=O) groups excluding carboxylic acids is 1. The topological polar surface area (TPSA) is 76.1 Å². The molecule has 3 aromatic rings. The average Bonchev–Trinajstić information content (AvgIpc) is 3.15. The highest BCUT2D eigenvalue weighted by atomic mass is 35.5. The second kappa shape index (κ2) is 9.91. The Balaban J connectivity index is 1.58. The molecule has 1 atom stereocenters. The van der Waals surface area contributed by atoms with Gasteiger partial charge in [0.15, 0.2) is 5.01 Å². The summed E-state index contributed by atoms with van der Waals surface area (Å²) in [4.78, 5) is 12.2. The maximum absolute atomic E-state index is 12.2. The number of anilines is 2. The van der Waals surface area contributed by atoms with Crippen molar-refractivity contribution in [1.82, 2.24) is 10.2 Å². The van der Waals surface area contributed by atoms with E-state index in [-0.39, 0.29) is 6.61 Å². The molecular weight excluding hydrogens is 431 g/mol. The van der Waals surface area contributed by atoms with Gasteiger partial charge in [0.1, 0.15) is 12.4 Å². The predicted octanol–water partition coefficient (Wildman–Crippen LogP) is 6.58. The van der Waals surface area contributed by atoms with Crippen molar-refractivity contribution in [2.45, 2.75) is 32.8 Å². The van der Waals surface area contributed by atoms with Crippen LogP contribution in [0.1, 0.15) is 36.8 Å². The van der Waals surface area contributed by atoms with E-state index in [9.17, 15) is 4.79 Å². The van der Waals surface area contributed by atoms with Crippen molar-refractivity contribution >= 4 is 51.4 Å². The quantitative estimate of drug-likeness (QED) is 0.425. The summed E-state index contributed by atoms with van der Waals surface area (Å²) in [5, 5.41) is 15.2. The van der Waals surface area contributed by atoms with Crippen LogP contribution in [0.4, 0.5) is 15.6 Å². The summed E-state index contributed by atoms with van der Waals surface area (Å²) < 4.78 is 5.94. The zero-order valence-corrected chi connectivity index (χ0v) is 18.2. The first-order chi connectivity index (χ1) is 14.0. The molecule has 0 aliphatic rings. The number of hydrogen-bond donors (Lipinski definition) is 2. The van der Waals surface area contributed by atoms with Crippen LogP contribution in [-0.4, -0.2) is 16.2 Å². The fraction of sp³-hybridized carbons (Fsp3) is 0.250. The Labute approximate surface area is 183 Å². The van der Waals surface area contributed by atoms with E-state index in [0.717, 1.165) is 17.7 Å². The summed E-state index contributed by atoms with van der Waals surface area (Å²) in [6.07, 6.45) is 1.03. The highest BCUT2D eigenvalue weighted by molar-refractivity contribution is 7.15. The molecule has 0 fully saturated rings. The molecule has 2 N–H and O–H groups in total. The molecule has 0 saturated carbocycles. The van der Waals surface area contributed by atoms with Crippen LogP contribution in [0.2, 0.25) is 10.0 Å². The number of carbonyl (C=O) groups is 1. The van der Waals surface area contributed by atoms with E-state index in [1.807, 2.05) is 18.2 Å². The van der Waals surface area contributed by atoms with E-state index >= 15 is 0 Å². The van der Waals surface area contributed by atoms with E-state index in [0.29, 0.717) is 31.8 Å². The molecule has 2 aromatic carbocycles. The first-order valence-electron chi connectivity index (χ1n) is 9.03. The molecule has 0 bridgehead atoms.